The van der Waals surface area contributed by atoms with Crippen LogP contribution in [0.3, 0.4) is 0 Å². The van der Waals surface area contributed by atoms with Gasteiger partial charge < -0.3 is 0 Å². The molecular formula is C35H74BrP. The molecule has 0 aliphatic rings. The van der Waals surface area contributed by atoms with Crippen LogP contribution in [0.5, 0.6) is 0 Å². The molecule has 0 rings (SSSR count). The van der Waals surface area contributed by atoms with Gasteiger partial charge in [0.2, 0.25) is 0 Å². The molecule has 0 saturated carbocycles. The molecule has 0 nitrogen and oxygen atoms in total. The Bertz CT molecular complexity index is 410. The molecule has 0 fully saturated rings. The Morgan fingerprint density at radius 2 is 0.432 bits per heavy atom. The zero-order valence-corrected chi connectivity index (χ0v) is 29.2. The van der Waals surface area contributed by atoms with Crippen molar-refractivity contribution in [3.8, 4) is 0 Å². The molecule has 2 heteroatoms. The number of hydrogen-bond donors (Lipinski definition) is 0. The molecule has 0 spiro atoms. The predicted molar refractivity (Wildman–Crippen MR) is 183 cm³/mol. The zero-order chi connectivity index (χ0) is 27.4. The van der Waals surface area contributed by atoms with Gasteiger partial charge in [-0.25, -0.2) is 0 Å². The Morgan fingerprint density at radius 1 is 0.270 bits per heavy atom. The zero-order valence-electron chi connectivity index (χ0n) is 26.7. The second-order valence-corrected chi connectivity index (χ2v) is 24.3. The van der Waals surface area contributed by atoms with E-state index in [1.165, 1.54) is 173 Å². The van der Waals surface area contributed by atoms with Crippen LogP contribution in [0.15, 0.2) is 0 Å². The molecule has 0 amide bonds. The van der Waals surface area contributed by atoms with Gasteiger partial charge in [0.1, 0.15) is 0 Å². The first-order valence-corrected chi connectivity index (χ1v) is 22.8. The van der Waals surface area contributed by atoms with E-state index >= 15 is 0 Å². The Balaban J connectivity index is 4.72. The van der Waals surface area contributed by atoms with Crippen molar-refractivity contribution in [2.24, 2.45) is 0 Å². The number of unbranched alkanes of at least 4 members (excludes halogenated alkanes) is 23. The molecule has 0 heterocycles. The second-order valence-electron chi connectivity index (χ2n) is 12.8. The third-order valence-electron chi connectivity index (χ3n) is 9.03. The average molecular weight is 606 g/mol. The fourth-order valence-electron chi connectivity index (χ4n) is 6.35. The van der Waals surface area contributed by atoms with Crippen LogP contribution in [0.1, 0.15) is 201 Å². The van der Waals surface area contributed by atoms with Gasteiger partial charge in [0.15, 0.2) is 0 Å². The topological polar surface area (TPSA) is 0 Å². The first kappa shape index (κ1) is 37.9. The summed E-state index contributed by atoms with van der Waals surface area (Å²) in [6, 6.07) is 0. The molecule has 226 valence electrons. The Kier molecular flexibility index (Phi) is 27.8. The van der Waals surface area contributed by atoms with Gasteiger partial charge in [-0.1, -0.05) is 13.3 Å². The fourth-order valence-corrected chi connectivity index (χ4v) is 14.8. The third kappa shape index (κ3) is 23.3. The molecule has 0 radical (unpaired) electrons. The van der Waals surface area contributed by atoms with Gasteiger partial charge in [0.25, 0.3) is 0 Å². The van der Waals surface area contributed by atoms with Crippen LogP contribution in [0.4, 0.5) is 0 Å². The van der Waals surface area contributed by atoms with Crippen LogP contribution in [-0.2, 0) is 0 Å². The SMILES string of the molecule is CCCCCCCCCCCCCCP(Br)(CCCCCCC)(CCCCCCC)CCCCCCC. The summed E-state index contributed by atoms with van der Waals surface area (Å²) in [5.41, 5.74) is 0. The summed E-state index contributed by atoms with van der Waals surface area (Å²) >= 11 is 4.76. The van der Waals surface area contributed by atoms with Crippen LogP contribution in [0.25, 0.3) is 0 Å². The monoisotopic (exact) mass is 604 g/mol. The van der Waals surface area contributed by atoms with Gasteiger partial charge in [-0.2, -0.15) is 0 Å². The maximum absolute atomic E-state index is 4.76. The minimum absolute atomic E-state index is 1.37. The maximum atomic E-state index is 4.76. The van der Waals surface area contributed by atoms with Gasteiger partial charge in [0, 0.05) is 0 Å². The Morgan fingerprint density at radius 3 is 0.622 bits per heavy atom. The van der Waals surface area contributed by atoms with E-state index in [1.54, 1.807) is 24.6 Å². The van der Waals surface area contributed by atoms with E-state index in [-0.39, 0.29) is 0 Å². The summed E-state index contributed by atoms with van der Waals surface area (Å²) in [6.45, 7) is 9.37. The molecule has 0 bridgehead atoms. The minimum atomic E-state index is -1.76. The van der Waals surface area contributed by atoms with E-state index in [2.05, 4.69) is 27.7 Å². The summed E-state index contributed by atoms with van der Waals surface area (Å²) < 4.78 is 0. The summed E-state index contributed by atoms with van der Waals surface area (Å²) in [7, 11) is 0. The van der Waals surface area contributed by atoms with Crippen LogP contribution < -0.4 is 0 Å². The van der Waals surface area contributed by atoms with Gasteiger partial charge in [-0.15, -0.1) is 0 Å². The molecular weight excluding hydrogens is 531 g/mol. The summed E-state index contributed by atoms with van der Waals surface area (Å²) in [5, 5.41) is -1.76. The standard InChI is InChI=1S/C35H74BrP/c1-5-9-13-17-18-19-20-21-22-23-27-31-35-37(36,32-28-24-14-10-6-2,33-29-25-15-11-7-3)34-30-26-16-12-8-4/h5-35H2,1-4H3. The number of hydrogen-bond acceptors (Lipinski definition) is 0. The van der Waals surface area contributed by atoms with E-state index in [0.717, 1.165) is 0 Å². The molecule has 0 unspecified atom stereocenters. The Labute approximate surface area is 245 Å². The van der Waals surface area contributed by atoms with Gasteiger partial charge >= 0.3 is 233 Å². The molecule has 0 aliphatic carbocycles. The van der Waals surface area contributed by atoms with E-state index in [9.17, 15) is 0 Å². The van der Waals surface area contributed by atoms with E-state index in [0.29, 0.717) is 0 Å². The van der Waals surface area contributed by atoms with Crippen LogP contribution >= 0.6 is 20.8 Å². The number of rotatable bonds is 31. The second kappa shape index (κ2) is 27.1. The average Bonchev–Trinajstić information content (AvgIpc) is 2.89. The van der Waals surface area contributed by atoms with Crippen molar-refractivity contribution in [2.75, 3.05) is 24.6 Å². The van der Waals surface area contributed by atoms with Gasteiger partial charge in [-0.3, -0.25) is 0 Å². The van der Waals surface area contributed by atoms with Crippen molar-refractivity contribution in [2.45, 2.75) is 201 Å². The number of halogens is 1. The van der Waals surface area contributed by atoms with Crippen molar-refractivity contribution in [3.05, 3.63) is 0 Å². The van der Waals surface area contributed by atoms with E-state index < -0.39 is 5.31 Å². The molecule has 0 saturated heterocycles. The van der Waals surface area contributed by atoms with Crippen molar-refractivity contribution < 1.29 is 0 Å². The predicted octanol–water partition coefficient (Wildman–Crippen LogP) is 14.5. The van der Waals surface area contributed by atoms with Crippen molar-refractivity contribution in [3.63, 3.8) is 0 Å². The van der Waals surface area contributed by atoms with Crippen LogP contribution in [0, 0.1) is 0 Å². The molecule has 0 aromatic heterocycles. The summed E-state index contributed by atoms with van der Waals surface area (Å²) in [4.78, 5) is 0. The van der Waals surface area contributed by atoms with Crippen LogP contribution in [0.2, 0.25) is 0 Å². The normalized spacial score (nSPS) is 13.2. The van der Waals surface area contributed by atoms with Crippen molar-refractivity contribution in [1.29, 1.82) is 0 Å². The van der Waals surface area contributed by atoms with E-state index in [4.69, 9.17) is 15.5 Å². The molecule has 0 aromatic carbocycles. The summed E-state index contributed by atoms with van der Waals surface area (Å²) in [6.07, 6.45) is 45.5. The first-order valence-electron chi connectivity index (χ1n) is 17.8. The third-order valence-corrected chi connectivity index (χ3v) is 19.0. The van der Waals surface area contributed by atoms with Crippen molar-refractivity contribution in [1.82, 2.24) is 0 Å². The van der Waals surface area contributed by atoms with Crippen molar-refractivity contribution >= 4 is 20.8 Å². The molecule has 0 N–H and O–H groups in total. The Hall–Kier alpha value is 0.910. The first-order chi connectivity index (χ1) is 18.0. The fraction of sp³-hybridized carbons (Fsp3) is 1.00. The quantitative estimate of drug-likeness (QED) is 0.0545. The van der Waals surface area contributed by atoms with E-state index in [1.807, 2.05) is 0 Å². The molecule has 0 atom stereocenters. The molecule has 0 aromatic rings. The van der Waals surface area contributed by atoms with Gasteiger partial charge in [0.05, 0.1) is 0 Å². The van der Waals surface area contributed by atoms with Crippen LogP contribution in [-0.4, -0.2) is 24.6 Å². The molecule has 37 heavy (non-hydrogen) atoms. The molecule has 0 aliphatic heterocycles. The van der Waals surface area contributed by atoms with Gasteiger partial charge in [-0.05, 0) is 0 Å². The summed E-state index contributed by atoms with van der Waals surface area (Å²) in [5.74, 6) is 0.